The van der Waals surface area contributed by atoms with Gasteiger partial charge < -0.3 is 10.4 Å². The quantitative estimate of drug-likeness (QED) is 0.266. The number of hydrogen-bond acceptors (Lipinski definition) is 7. The molecule has 21 heteroatoms. The van der Waals surface area contributed by atoms with Gasteiger partial charge in [0.2, 0.25) is 5.91 Å². The lowest BCUT2D eigenvalue weighted by Gasteiger charge is -2.26. The van der Waals surface area contributed by atoms with Crippen molar-refractivity contribution in [2.75, 3.05) is 6.54 Å². The molecule has 47 heavy (non-hydrogen) atoms. The number of pyridine rings is 1. The highest BCUT2D eigenvalue weighted by atomic mass is 35.5. The average molecular weight is 692 g/mol. The zero-order valence-corrected chi connectivity index (χ0v) is 24.2. The van der Waals surface area contributed by atoms with Gasteiger partial charge in [-0.1, -0.05) is 11.6 Å². The summed E-state index contributed by atoms with van der Waals surface area (Å²) in [6.45, 7) is -2.57. The molecule has 4 aromatic rings. The van der Waals surface area contributed by atoms with Crippen LogP contribution in [0.1, 0.15) is 17.8 Å². The van der Waals surface area contributed by atoms with E-state index in [1.165, 1.54) is 24.3 Å². The van der Waals surface area contributed by atoms with E-state index in [1.54, 1.807) is 5.32 Å². The van der Waals surface area contributed by atoms with Crippen LogP contribution in [0.15, 0.2) is 53.7 Å². The number of amides is 2. The number of likely N-dealkylation sites (tertiary alicyclic amines) is 1. The second-order valence-electron chi connectivity index (χ2n) is 10.2. The maximum atomic E-state index is 14.3. The summed E-state index contributed by atoms with van der Waals surface area (Å²) in [6, 6.07) is 2.76. The van der Waals surface area contributed by atoms with Crippen molar-refractivity contribution in [3.63, 3.8) is 0 Å². The smallest absolute Gasteiger partial charge is 0.420 e. The van der Waals surface area contributed by atoms with E-state index in [2.05, 4.69) is 20.2 Å². The van der Waals surface area contributed by atoms with E-state index in [9.17, 15) is 50.2 Å². The topological polar surface area (TPSA) is 153 Å². The van der Waals surface area contributed by atoms with Crippen molar-refractivity contribution in [2.45, 2.75) is 50.1 Å². The predicted molar refractivity (Wildman–Crippen MR) is 146 cm³/mol. The summed E-state index contributed by atoms with van der Waals surface area (Å²) >= 11 is 5.93. The number of hydrogen-bond donors (Lipinski definition) is 2. The molecule has 0 bridgehead atoms. The fourth-order valence-corrected chi connectivity index (χ4v) is 4.98. The standard InChI is InChI=1S/C26H21ClF7N9O4/c27-14-5-3-13(4-6-14)20-39-42(11-19-36-12-43(38-19)21-16(25(29,30)31)2-1-7-35-21)23(45)41(20)10-18(26(32,33)34)37-22(44)17-8-15(28)9-40(17)24(46)47/h1-7,12,15,17-18H,8-11H2,(H,37,44)(H,46,47)/t15-,17+,18+/m1/s1. The van der Waals surface area contributed by atoms with Gasteiger partial charge in [-0.3, -0.25) is 14.3 Å². The first-order chi connectivity index (χ1) is 22.0. The van der Waals surface area contributed by atoms with Crippen LogP contribution in [0.5, 0.6) is 0 Å². The van der Waals surface area contributed by atoms with Gasteiger partial charge in [0.25, 0.3) is 0 Å². The van der Waals surface area contributed by atoms with Crippen molar-refractivity contribution in [3.8, 4) is 17.2 Å². The van der Waals surface area contributed by atoms with Gasteiger partial charge in [0.05, 0.1) is 13.1 Å². The van der Waals surface area contributed by atoms with E-state index < -0.39 is 85.7 Å². The van der Waals surface area contributed by atoms with Gasteiger partial charge >= 0.3 is 24.1 Å². The Morgan fingerprint density at radius 3 is 2.40 bits per heavy atom. The van der Waals surface area contributed by atoms with E-state index in [4.69, 9.17) is 11.6 Å². The summed E-state index contributed by atoms with van der Waals surface area (Å²) in [5.74, 6) is -2.62. The van der Waals surface area contributed by atoms with Crippen molar-refractivity contribution >= 4 is 23.6 Å². The molecule has 0 saturated carbocycles. The van der Waals surface area contributed by atoms with Gasteiger partial charge in [0, 0.05) is 23.2 Å². The Morgan fingerprint density at radius 2 is 1.77 bits per heavy atom. The molecular formula is C26H21ClF7N9O4. The monoisotopic (exact) mass is 691 g/mol. The summed E-state index contributed by atoms with van der Waals surface area (Å²) in [5, 5.41) is 19.2. The maximum absolute atomic E-state index is 14.3. The highest BCUT2D eigenvalue weighted by Gasteiger charge is 2.46. The van der Waals surface area contributed by atoms with Crippen molar-refractivity contribution < 1.29 is 45.4 Å². The van der Waals surface area contributed by atoms with Gasteiger partial charge in [-0.15, -0.1) is 10.2 Å². The Labute approximate surface area is 263 Å². The van der Waals surface area contributed by atoms with Crippen LogP contribution in [0.25, 0.3) is 17.2 Å². The van der Waals surface area contributed by atoms with E-state index in [0.717, 1.165) is 24.7 Å². The largest absolute Gasteiger partial charge is 0.465 e. The first-order valence-corrected chi connectivity index (χ1v) is 13.8. The molecule has 4 heterocycles. The number of halogens is 8. The molecular weight excluding hydrogens is 671 g/mol. The molecule has 1 aliphatic heterocycles. The van der Waals surface area contributed by atoms with Crippen LogP contribution in [0.2, 0.25) is 5.02 Å². The summed E-state index contributed by atoms with van der Waals surface area (Å²) in [6.07, 6.45) is -12.1. The third-order valence-electron chi connectivity index (χ3n) is 7.04. The van der Waals surface area contributed by atoms with Crippen molar-refractivity contribution in [1.29, 1.82) is 0 Å². The second kappa shape index (κ2) is 12.6. The number of carboxylic acid groups (broad SMARTS) is 1. The Kier molecular flexibility index (Phi) is 8.98. The molecule has 0 unspecified atom stereocenters. The summed E-state index contributed by atoms with van der Waals surface area (Å²) in [5.41, 5.74) is -2.16. The molecule has 3 aromatic heterocycles. The number of nitrogens with zero attached hydrogens (tertiary/aromatic N) is 8. The third-order valence-corrected chi connectivity index (χ3v) is 7.29. The van der Waals surface area contributed by atoms with Crippen LogP contribution in [0.4, 0.5) is 35.5 Å². The highest BCUT2D eigenvalue weighted by molar-refractivity contribution is 6.30. The zero-order chi connectivity index (χ0) is 34.3. The van der Waals surface area contributed by atoms with Crippen LogP contribution in [0.3, 0.4) is 0 Å². The van der Waals surface area contributed by atoms with Gasteiger partial charge in [-0.2, -0.15) is 26.3 Å². The zero-order valence-electron chi connectivity index (χ0n) is 23.5. The molecule has 1 saturated heterocycles. The molecule has 1 aromatic carbocycles. The summed E-state index contributed by atoms with van der Waals surface area (Å²) in [7, 11) is 0. The van der Waals surface area contributed by atoms with Crippen LogP contribution in [-0.4, -0.2) is 87.1 Å². The normalized spacial score (nSPS) is 17.6. The van der Waals surface area contributed by atoms with Crippen LogP contribution in [0, 0.1) is 0 Å². The maximum Gasteiger partial charge on any atom is 0.420 e. The number of carbonyl (C=O) groups excluding carboxylic acids is 1. The fraction of sp³-hybridized carbons (Fsp3) is 0.346. The number of benzene rings is 1. The van der Waals surface area contributed by atoms with E-state index in [0.29, 0.717) is 18.8 Å². The molecule has 3 atom stereocenters. The molecule has 0 radical (unpaired) electrons. The molecule has 1 aliphatic rings. The Bertz CT molecular complexity index is 1840. The summed E-state index contributed by atoms with van der Waals surface area (Å²) < 4.78 is 99.1. The first kappa shape index (κ1) is 33.4. The molecule has 2 amide bonds. The van der Waals surface area contributed by atoms with Crippen LogP contribution < -0.4 is 11.0 Å². The Balaban J connectivity index is 1.49. The number of alkyl halides is 7. The number of nitrogens with one attached hydrogen (secondary N) is 1. The predicted octanol–water partition coefficient (Wildman–Crippen LogP) is 3.55. The number of carbonyl (C=O) groups is 2. The minimum absolute atomic E-state index is 0.118. The van der Waals surface area contributed by atoms with Gasteiger partial charge in [-0.25, -0.2) is 33.3 Å². The minimum Gasteiger partial charge on any atom is -0.465 e. The SMILES string of the molecule is O=C(N[C@@H](Cn1c(-c2ccc(Cl)cc2)nn(Cc2ncn(-c3ncccc3C(F)(F)F)n2)c1=O)C(F)(F)F)[C@@H]1C[C@@H](F)CN1C(=O)O. The molecule has 13 nitrogen and oxygen atoms in total. The van der Waals surface area contributed by atoms with Crippen molar-refractivity contribution in [2.24, 2.45) is 0 Å². The van der Waals surface area contributed by atoms with Gasteiger partial charge in [0.1, 0.15) is 36.7 Å². The van der Waals surface area contributed by atoms with E-state index in [1.807, 2.05) is 0 Å². The van der Waals surface area contributed by atoms with Crippen LogP contribution >= 0.6 is 11.6 Å². The lowest BCUT2D eigenvalue weighted by Crippen LogP contribution is -2.54. The minimum atomic E-state index is -5.19. The second-order valence-corrected chi connectivity index (χ2v) is 10.7. The Morgan fingerprint density at radius 1 is 1.06 bits per heavy atom. The van der Waals surface area contributed by atoms with Crippen LogP contribution in [-0.2, 0) is 24.1 Å². The molecule has 5 rings (SSSR count). The first-order valence-electron chi connectivity index (χ1n) is 13.4. The molecule has 2 N–H and O–H groups in total. The molecule has 1 fully saturated rings. The molecule has 250 valence electrons. The van der Waals surface area contributed by atoms with Gasteiger partial charge in [0.15, 0.2) is 17.5 Å². The number of aromatic nitrogens is 7. The molecule has 0 aliphatic carbocycles. The van der Waals surface area contributed by atoms with E-state index in [-0.39, 0.29) is 22.2 Å². The molecule has 0 spiro atoms. The van der Waals surface area contributed by atoms with Crippen molar-refractivity contribution in [3.05, 3.63) is 75.8 Å². The lowest BCUT2D eigenvalue weighted by molar-refractivity contribution is -0.165. The van der Waals surface area contributed by atoms with E-state index >= 15 is 0 Å². The Hall–Kier alpha value is -5.01. The fourth-order valence-electron chi connectivity index (χ4n) is 4.85. The van der Waals surface area contributed by atoms with Gasteiger partial charge in [-0.05, 0) is 36.4 Å². The highest BCUT2D eigenvalue weighted by Crippen LogP contribution is 2.32. The van der Waals surface area contributed by atoms with Crippen molar-refractivity contribution in [1.82, 2.24) is 44.3 Å². The average Bonchev–Trinajstić information content (AvgIpc) is 3.70. The lowest BCUT2D eigenvalue weighted by atomic mass is 10.1. The number of rotatable bonds is 8. The summed E-state index contributed by atoms with van der Waals surface area (Å²) in [4.78, 5) is 45.6. The third kappa shape index (κ3) is 7.21.